The standard InChI is InChI=1S/C26H25ClN2O3Si/c1-26(2,3)33(20-11-6-4-7-12-20,21-13-8-5-9-14-21)32-18-19-17-28-25-22(24(19)27)15-10-16-23(25)29(30)31/h4-17H,18H2,1-3H3. The van der Waals surface area contributed by atoms with Gasteiger partial charge in [-0.05, 0) is 15.4 Å². The van der Waals surface area contributed by atoms with E-state index in [0.29, 0.717) is 16.0 Å². The van der Waals surface area contributed by atoms with Crippen molar-refractivity contribution in [2.24, 2.45) is 0 Å². The molecule has 0 saturated carbocycles. The van der Waals surface area contributed by atoms with Crippen molar-refractivity contribution in [3.05, 3.63) is 106 Å². The van der Waals surface area contributed by atoms with Gasteiger partial charge in [0.15, 0.2) is 0 Å². The molecule has 1 aromatic heterocycles. The second-order valence-corrected chi connectivity index (χ2v) is 13.7. The minimum Gasteiger partial charge on any atom is -0.403 e. The van der Waals surface area contributed by atoms with E-state index >= 15 is 0 Å². The molecule has 0 N–H and O–H groups in total. The number of hydrogen-bond donors (Lipinski definition) is 0. The topological polar surface area (TPSA) is 65.3 Å². The van der Waals surface area contributed by atoms with Crippen molar-refractivity contribution < 1.29 is 9.35 Å². The lowest BCUT2D eigenvalue weighted by Crippen LogP contribution is -2.66. The van der Waals surface area contributed by atoms with Crippen LogP contribution in [0.5, 0.6) is 0 Å². The van der Waals surface area contributed by atoms with Crippen molar-refractivity contribution in [1.82, 2.24) is 4.98 Å². The molecule has 0 aliphatic carbocycles. The molecule has 0 amide bonds. The largest absolute Gasteiger partial charge is 0.403 e. The summed E-state index contributed by atoms with van der Waals surface area (Å²) in [7, 11) is -2.75. The Bertz CT molecular complexity index is 1250. The lowest BCUT2D eigenvalue weighted by molar-refractivity contribution is -0.383. The molecular weight excluding hydrogens is 452 g/mol. The van der Waals surface area contributed by atoms with Crippen LogP contribution >= 0.6 is 11.6 Å². The summed E-state index contributed by atoms with van der Waals surface area (Å²) in [6.45, 7) is 6.88. The smallest absolute Gasteiger partial charge is 0.295 e. The maximum atomic E-state index is 11.4. The summed E-state index contributed by atoms with van der Waals surface area (Å²) < 4.78 is 6.94. The highest BCUT2D eigenvalue weighted by molar-refractivity contribution is 6.99. The van der Waals surface area contributed by atoms with Gasteiger partial charge in [0.2, 0.25) is 0 Å². The van der Waals surface area contributed by atoms with Crippen molar-refractivity contribution in [2.75, 3.05) is 0 Å². The van der Waals surface area contributed by atoms with Gasteiger partial charge in [0, 0.05) is 23.2 Å². The Balaban J connectivity index is 1.83. The van der Waals surface area contributed by atoms with Gasteiger partial charge in [0.05, 0.1) is 16.6 Å². The third kappa shape index (κ3) is 4.17. The van der Waals surface area contributed by atoms with E-state index in [9.17, 15) is 10.1 Å². The quantitative estimate of drug-likeness (QED) is 0.198. The van der Waals surface area contributed by atoms with Crippen molar-refractivity contribution in [2.45, 2.75) is 32.4 Å². The van der Waals surface area contributed by atoms with Crippen LogP contribution in [0.1, 0.15) is 26.3 Å². The molecule has 0 saturated heterocycles. The van der Waals surface area contributed by atoms with Crippen molar-refractivity contribution in [3.8, 4) is 0 Å². The highest BCUT2D eigenvalue weighted by atomic mass is 35.5. The summed E-state index contributed by atoms with van der Waals surface area (Å²) >= 11 is 6.73. The van der Waals surface area contributed by atoms with Crippen LogP contribution in [0.15, 0.2) is 85.1 Å². The van der Waals surface area contributed by atoms with Gasteiger partial charge >= 0.3 is 0 Å². The number of hydrogen-bond acceptors (Lipinski definition) is 4. The van der Waals surface area contributed by atoms with Crippen LogP contribution in [0.2, 0.25) is 10.1 Å². The first-order valence-electron chi connectivity index (χ1n) is 10.7. The lowest BCUT2D eigenvalue weighted by atomic mass is 10.1. The molecule has 0 atom stereocenters. The van der Waals surface area contributed by atoms with Gasteiger partial charge in [-0.2, -0.15) is 0 Å². The Labute approximate surface area is 199 Å². The van der Waals surface area contributed by atoms with Gasteiger partial charge in [0.25, 0.3) is 14.0 Å². The van der Waals surface area contributed by atoms with Crippen LogP contribution < -0.4 is 10.4 Å². The molecule has 0 unspecified atom stereocenters. The number of pyridine rings is 1. The molecule has 0 radical (unpaired) electrons. The first-order chi connectivity index (χ1) is 15.8. The molecule has 33 heavy (non-hydrogen) atoms. The fraction of sp³-hybridized carbons (Fsp3) is 0.192. The highest BCUT2D eigenvalue weighted by Gasteiger charge is 2.50. The van der Waals surface area contributed by atoms with E-state index in [4.69, 9.17) is 16.0 Å². The number of nitrogens with zero attached hydrogens (tertiary/aromatic N) is 2. The van der Waals surface area contributed by atoms with Crippen molar-refractivity contribution in [3.63, 3.8) is 0 Å². The van der Waals surface area contributed by atoms with Gasteiger partial charge in [-0.25, -0.2) is 4.98 Å². The molecule has 3 aromatic carbocycles. The fourth-order valence-corrected chi connectivity index (χ4v) is 9.20. The van der Waals surface area contributed by atoms with E-state index in [2.05, 4.69) is 50.0 Å². The second kappa shape index (κ2) is 9.06. The molecule has 7 heteroatoms. The highest BCUT2D eigenvalue weighted by Crippen LogP contribution is 2.38. The summed E-state index contributed by atoms with van der Waals surface area (Å²) in [5, 5.41) is 14.5. The molecule has 4 rings (SSSR count). The maximum Gasteiger partial charge on any atom is 0.295 e. The first kappa shape index (κ1) is 23.1. The Morgan fingerprint density at radius 3 is 2.03 bits per heavy atom. The number of nitro benzene ring substituents is 1. The third-order valence-corrected chi connectivity index (χ3v) is 11.4. The van der Waals surface area contributed by atoms with E-state index in [1.54, 1.807) is 18.3 Å². The molecule has 168 valence electrons. The fourth-order valence-electron chi connectivity index (χ4n) is 4.41. The molecule has 0 aliphatic heterocycles. The van der Waals surface area contributed by atoms with Crippen LogP contribution in [0, 0.1) is 10.1 Å². The molecule has 5 nitrogen and oxygen atoms in total. The number of nitro groups is 1. The number of non-ortho nitro benzene ring substituents is 1. The van der Waals surface area contributed by atoms with Gasteiger partial charge in [0.1, 0.15) is 5.52 Å². The Morgan fingerprint density at radius 2 is 1.52 bits per heavy atom. The Kier molecular flexibility index (Phi) is 6.34. The zero-order chi connectivity index (χ0) is 23.6. The Morgan fingerprint density at radius 1 is 0.939 bits per heavy atom. The summed E-state index contributed by atoms with van der Waals surface area (Å²) in [6, 6.07) is 25.5. The van der Waals surface area contributed by atoms with E-state index in [1.165, 1.54) is 16.4 Å². The summed E-state index contributed by atoms with van der Waals surface area (Å²) in [5.74, 6) is 0. The van der Waals surface area contributed by atoms with E-state index in [-0.39, 0.29) is 22.8 Å². The second-order valence-electron chi connectivity index (χ2n) is 8.98. The normalized spacial score (nSPS) is 12.1. The predicted molar refractivity (Wildman–Crippen MR) is 136 cm³/mol. The minimum absolute atomic E-state index is 0.0612. The maximum absolute atomic E-state index is 11.4. The van der Waals surface area contributed by atoms with Gasteiger partial charge in [-0.1, -0.05) is 105 Å². The number of aromatic nitrogens is 1. The zero-order valence-corrected chi connectivity index (χ0v) is 20.5. The van der Waals surface area contributed by atoms with Crippen LogP contribution in [0.25, 0.3) is 10.9 Å². The van der Waals surface area contributed by atoms with Crippen molar-refractivity contribution in [1.29, 1.82) is 0 Å². The molecule has 0 aliphatic rings. The number of benzene rings is 3. The number of rotatable bonds is 6. The average Bonchev–Trinajstić information content (AvgIpc) is 2.81. The molecule has 4 aromatic rings. The first-order valence-corrected chi connectivity index (χ1v) is 13.0. The van der Waals surface area contributed by atoms with E-state index in [1.807, 2.05) is 36.4 Å². The van der Waals surface area contributed by atoms with Gasteiger partial charge < -0.3 is 4.43 Å². The monoisotopic (exact) mass is 476 g/mol. The van der Waals surface area contributed by atoms with Crippen LogP contribution in [0.4, 0.5) is 5.69 Å². The number of fused-ring (bicyclic) bond motifs is 1. The average molecular weight is 477 g/mol. The number of para-hydroxylation sites is 1. The predicted octanol–water partition coefficient (Wildman–Crippen LogP) is 5.87. The third-order valence-electron chi connectivity index (χ3n) is 5.94. The van der Waals surface area contributed by atoms with Crippen molar-refractivity contribution >= 4 is 46.9 Å². The number of halogens is 1. The van der Waals surface area contributed by atoms with Crippen LogP contribution in [0.3, 0.4) is 0 Å². The summed E-state index contributed by atoms with van der Waals surface area (Å²) in [6.07, 6.45) is 1.59. The molecule has 0 fully saturated rings. The molecule has 1 heterocycles. The molecule has 0 spiro atoms. The zero-order valence-electron chi connectivity index (χ0n) is 18.8. The van der Waals surface area contributed by atoms with Crippen LogP contribution in [-0.4, -0.2) is 18.2 Å². The molecule has 0 bridgehead atoms. The summed E-state index contributed by atoms with van der Waals surface area (Å²) in [5.41, 5.74) is 0.924. The Hall–Kier alpha value is -3.06. The van der Waals surface area contributed by atoms with Crippen LogP contribution in [-0.2, 0) is 11.0 Å². The van der Waals surface area contributed by atoms with Gasteiger partial charge in [-0.3, -0.25) is 10.1 Å². The SMILES string of the molecule is CC(C)(C)[Si](OCc1cnc2c([N+](=O)[O-])cccc2c1Cl)(c1ccccc1)c1ccccc1. The lowest BCUT2D eigenvalue weighted by Gasteiger charge is -2.43. The summed E-state index contributed by atoms with van der Waals surface area (Å²) in [4.78, 5) is 15.3. The molecular formula is C26H25ClN2O3Si. The van der Waals surface area contributed by atoms with E-state index in [0.717, 1.165) is 0 Å². The van der Waals surface area contributed by atoms with Gasteiger partial charge in [-0.15, -0.1) is 0 Å². The van der Waals surface area contributed by atoms with E-state index < -0.39 is 13.2 Å². The minimum atomic E-state index is -2.75.